The highest BCUT2D eigenvalue weighted by Gasteiger charge is 2.22. The van der Waals surface area contributed by atoms with Crippen LogP contribution in [0.2, 0.25) is 0 Å². The summed E-state index contributed by atoms with van der Waals surface area (Å²) < 4.78 is 0. The Morgan fingerprint density at radius 2 is 2.04 bits per heavy atom. The first-order valence-electron chi connectivity index (χ1n) is 8.37. The maximum Gasteiger partial charge on any atom is 0.254 e. The first-order chi connectivity index (χ1) is 12.2. The van der Waals surface area contributed by atoms with E-state index in [-0.39, 0.29) is 5.56 Å². The van der Waals surface area contributed by atoms with Crippen LogP contribution in [0.4, 0.5) is 0 Å². The lowest BCUT2D eigenvalue weighted by Gasteiger charge is -2.27. The summed E-state index contributed by atoms with van der Waals surface area (Å²) in [6, 6.07) is 9.60. The SMILES string of the molecule is Cc1cccnc1CN1CCc2c(nc(-c3ccccn3)[nH]c2=O)C1. The lowest BCUT2D eigenvalue weighted by atomic mass is 10.1. The number of nitrogens with zero attached hydrogens (tertiary/aromatic N) is 4. The van der Waals surface area contributed by atoms with Crippen molar-refractivity contribution in [1.82, 2.24) is 24.8 Å². The third-order valence-corrected chi connectivity index (χ3v) is 4.55. The fourth-order valence-corrected chi connectivity index (χ4v) is 3.15. The Balaban J connectivity index is 1.63. The number of aromatic amines is 1. The van der Waals surface area contributed by atoms with Crippen LogP contribution in [0.15, 0.2) is 47.5 Å². The number of hydrogen-bond donors (Lipinski definition) is 1. The quantitative estimate of drug-likeness (QED) is 0.794. The normalized spacial score (nSPS) is 14.3. The zero-order valence-corrected chi connectivity index (χ0v) is 14.1. The van der Waals surface area contributed by atoms with Gasteiger partial charge in [0.15, 0.2) is 5.82 Å². The molecule has 0 spiro atoms. The van der Waals surface area contributed by atoms with E-state index in [1.54, 1.807) is 6.20 Å². The largest absolute Gasteiger partial charge is 0.305 e. The van der Waals surface area contributed by atoms with Gasteiger partial charge in [0.05, 0.1) is 11.4 Å². The third-order valence-electron chi connectivity index (χ3n) is 4.55. The lowest BCUT2D eigenvalue weighted by Crippen LogP contribution is -2.35. The Labute approximate surface area is 145 Å². The van der Waals surface area contributed by atoms with Crippen LogP contribution in [-0.4, -0.2) is 31.4 Å². The number of hydrogen-bond acceptors (Lipinski definition) is 5. The maximum atomic E-state index is 12.4. The van der Waals surface area contributed by atoms with Crippen LogP contribution in [0.3, 0.4) is 0 Å². The number of H-pyrrole nitrogens is 1. The van der Waals surface area contributed by atoms with E-state index < -0.39 is 0 Å². The molecule has 3 aromatic heterocycles. The molecule has 4 heterocycles. The van der Waals surface area contributed by atoms with Crippen molar-refractivity contribution in [2.45, 2.75) is 26.4 Å². The summed E-state index contributed by atoms with van der Waals surface area (Å²) in [5.41, 5.74) is 4.50. The molecule has 4 rings (SSSR count). The van der Waals surface area contributed by atoms with Crippen LogP contribution in [0, 0.1) is 6.92 Å². The van der Waals surface area contributed by atoms with E-state index in [2.05, 4.69) is 37.8 Å². The van der Waals surface area contributed by atoms with Gasteiger partial charge in [-0.25, -0.2) is 4.98 Å². The van der Waals surface area contributed by atoms with E-state index in [0.717, 1.165) is 30.0 Å². The minimum atomic E-state index is -0.0562. The van der Waals surface area contributed by atoms with Crippen LogP contribution < -0.4 is 5.56 Å². The monoisotopic (exact) mass is 333 g/mol. The molecule has 126 valence electrons. The third kappa shape index (κ3) is 3.21. The Hall–Kier alpha value is -2.86. The van der Waals surface area contributed by atoms with Gasteiger partial charge >= 0.3 is 0 Å². The molecular formula is C19H19N5O. The summed E-state index contributed by atoms with van der Waals surface area (Å²) in [5, 5.41) is 0. The number of nitrogens with one attached hydrogen (secondary N) is 1. The molecule has 1 N–H and O–H groups in total. The van der Waals surface area contributed by atoms with E-state index in [9.17, 15) is 4.79 Å². The van der Waals surface area contributed by atoms with E-state index in [1.165, 1.54) is 5.56 Å². The second-order valence-corrected chi connectivity index (χ2v) is 6.28. The van der Waals surface area contributed by atoms with Gasteiger partial charge in [-0.1, -0.05) is 12.1 Å². The molecule has 0 aromatic carbocycles. The van der Waals surface area contributed by atoms with Gasteiger partial charge < -0.3 is 4.98 Å². The van der Waals surface area contributed by atoms with Crippen molar-refractivity contribution in [3.63, 3.8) is 0 Å². The lowest BCUT2D eigenvalue weighted by molar-refractivity contribution is 0.237. The fraction of sp³-hybridized carbons (Fsp3) is 0.263. The average Bonchev–Trinajstić information content (AvgIpc) is 2.64. The summed E-state index contributed by atoms with van der Waals surface area (Å²) in [6.45, 7) is 4.31. The van der Waals surface area contributed by atoms with Crippen LogP contribution >= 0.6 is 0 Å². The molecule has 6 nitrogen and oxygen atoms in total. The summed E-state index contributed by atoms with van der Waals surface area (Å²) in [6.07, 6.45) is 4.22. The fourth-order valence-electron chi connectivity index (χ4n) is 3.15. The van der Waals surface area contributed by atoms with Crippen molar-refractivity contribution in [1.29, 1.82) is 0 Å². The molecule has 0 saturated carbocycles. The Kier molecular flexibility index (Phi) is 4.11. The number of fused-ring (bicyclic) bond motifs is 1. The molecule has 0 aliphatic carbocycles. The Morgan fingerprint density at radius 1 is 1.16 bits per heavy atom. The van der Waals surface area contributed by atoms with Gasteiger partial charge in [0, 0.05) is 37.6 Å². The van der Waals surface area contributed by atoms with Gasteiger partial charge in [0.1, 0.15) is 5.69 Å². The minimum absolute atomic E-state index is 0.0562. The first kappa shape index (κ1) is 15.7. The van der Waals surface area contributed by atoms with Crippen LogP contribution in [0.25, 0.3) is 11.5 Å². The van der Waals surface area contributed by atoms with Gasteiger partial charge in [-0.3, -0.25) is 19.7 Å². The smallest absolute Gasteiger partial charge is 0.254 e. The molecule has 0 unspecified atom stereocenters. The first-order valence-corrected chi connectivity index (χ1v) is 8.37. The summed E-state index contributed by atoms with van der Waals surface area (Å²) in [7, 11) is 0. The van der Waals surface area contributed by atoms with Gasteiger partial charge in [0.25, 0.3) is 5.56 Å². The molecule has 0 atom stereocenters. The second-order valence-electron chi connectivity index (χ2n) is 6.28. The molecule has 0 saturated heterocycles. The minimum Gasteiger partial charge on any atom is -0.305 e. The Morgan fingerprint density at radius 3 is 2.84 bits per heavy atom. The maximum absolute atomic E-state index is 12.4. The van der Waals surface area contributed by atoms with E-state index in [4.69, 9.17) is 0 Å². The molecule has 1 aliphatic rings. The number of pyridine rings is 2. The summed E-state index contributed by atoms with van der Waals surface area (Å²) in [4.78, 5) is 31.0. The van der Waals surface area contributed by atoms with E-state index in [1.807, 2.05) is 30.5 Å². The molecule has 25 heavy (non-hydrogen) atoms. The molecule has 3 aromatic rings. The summed E-state index contributed by atoms with van der Waals surface area (Å²) >= 11 is 0. The Bertz CT molecular complexity index is 952. The highest BCUT2D eigenvalue weighted by molar-refractivity contribution is 5.49. The average molecular weight is 333 g/mol. The van der Waals surface area contributed by atoms with Crippen LogP contribution in [-0.2, 0) is 19.5 Å². The zero-order valence-electron chi connectivity index (χ0n) is 14.1. The van der Waals surface area contributed by atoms with Crippen LogP contribution in [0.1, 0.15) is 22.5 Å². The highest BCUT2D eigenvalue weighted by Crippen LogP contribution is 2.19. The van der Waals surface area contributed by atoms with E-state index >= 15 is 0 Å². The zero-order chi connectivity index (χ0) is 17.2. The van der Waals surface area contributed by atoms with Gasteiger partial charge in [-0.2, -0.15) is 0 Å². The van der Waals surface area contributed by atoms with Gasteiger partial charge in [-0.15, -0.1) is 0 Å². The number of rotatable bonds is 3. The number of aromatic nitrogens is 4. The highest BCUT2D eigenvalue weighted by atomic mass is 16.1. The van der Waals surface area contributed by atoms with Gasteiger partial charge in [0.2, 0.25) is 0 Å². The predicted octanol–water partition coefficient (Wildman–Crippen LogP) is 2.09. The van der Waals surface area contributed by atoms with Crippen molar-refractivity contribution in [3.05, 3.63) is 75.6 Å². The number of aryl methyl sites for hydroxylation is 1. The topological polar surface area (TPSA) is 74.8 Å². The molecule has 1 aliphatic heterocycles. The molecule has 0 radical (unpaired) electrons. The van der Waals surface area contributed by atoms with Crippen molar-refractivity contribution >= 4 is 0 Å². The predicted molar refractivity (Wildman–Crippen MR) is 94.9 cm³/mol. The molecule has 0 amide bonds. The molecule has 0 fully saturated rings. The molecule has 0 bridgehead atoms. The van der Waals surface area contributed by atoms with Crippen molar-refractivity contribution in [3.8, 4) is 11.5 Å². The van der Waals surface area contributed by atoms with Crippen molar-refractivity contribution in [2.75, 3.05) is 6.54 Å². The van der Waals surface area contributed by atoms with Crippen molar-refractivity contribution in [2.24, 2.45) is 0 Å². The van der Waals surface area contributed by atoms with Crippen LogP contribution in [0.5, 0.6) is 0 Å². The second kappa shape index (κ2) is 6.57. The molecule has 6 heteroatoms. The van der Waals surface area contributed by atoms with Crippen molar-refractivity contribution < 1.29 is 0 Å². The summed E-state index contributed by atoms with van der Waals surface area (Å²) in [5.74, 6) is 0.528. The van der Waals surface area contributed by atoms with E-state index in [0.29, 0.717) is 24.5 Å². The molecular weight excluding hydrogens is 314 g/mol. The van der Waals surface area contributed by atoms with Gasteiger partial charge in [-0.05, 0) is 37.1 Å². The standard InChI is InChI=1S/C19H19N5O/c1-13-5-4-9-21-16(13)11-24-10-7-14-17(12-24)22-18(23-19(14)25)15-6-2-3-8-20-15/h2-6,8-9H,7,10-12H2,1H3,(H,22,23,25).